The van der Waals surface area contributed by atoms with Crippen molar-refractivity contribution in [2.45, 2.75) is 26.5 Å². The van der Waals surface area contributed by atoms with Crippen molar-refractivity contribution in [1.82, 2.24) is 9.78 Å². The lowest BCUT2D eigenvalue weighted by atomic mass is 10.2. The molecule has 2 rings (SSSR count). The molecule has 0 spiro atoms. The summed E-state index contributed by atoms with van der Waals surface area (Å²) in [5.74, 6) is -1.57. The number of rotatable bonds is 6. The maximum Gasteiger partial charge on any atom is 0.387 e. The van der Waals surface area contributed by atoms with Gasteiger partial charge >= 0.3 is 6.61 Å². The molecule has 0 unspecified atom stereocenters. The van der Waals surface area contributed by atoms with Gasteiger partial charge in [-0.05, 0) is 25.1 Å². The van der Waals surface area contributed by atoms with E-state index in [4.69, 9.17) is 0 Å². The molecule has 118 valence electrons. The Kier molecular flexibility index (Phi) is 5.03. The highest BCUT2D eigenvalue weighted by molar-refractivity contribution is 5.92. The number of carbonyl (C=O) groups excluding carboxylic acids is 1. The van der Waals surface area contributed by atoms with Crippen LogP contribution in [0.4, 0.5) is 18.9 Å². The standard InChI is InChI=1S/C14H14F3N3O2/c1-9-4-6-20(19-9)7-5-13(21)18-11-3-2-10(15)8-12(11)22-14(16)17/h2-4,6,8,14H,5,7H2,1H3,(H,18,21). The Balaban J connectivity index is 1.98. The van der Waals surface area contributed by atoms with Crippen molar-refractivity contribution in [2.24, 2.45) is 0 Å². The zero-order valence-corrected chi connectivity index (χ0v) is 11.7. The van der Waals surface area contributed by atoms with Crippen LogP contribution in [-0.2, 0) is 11.3 Å². The largest absolute Gasteiger partial charge is 0.432 e. The van der Waals surface area contributed by atoms with Gasteiger partial charge in [-0.2, -0.15) is 13.9 Å². The number of aromatic nitrogens is 2. The second-order valence-electron chi connectivity index (χ2n) is 4.54. The quantitative estimate of drug-likeness (QED) is 0.892. The number of anilines is 1. The highest BCUT2D eigenvalue weighted by Gasteiger charge is 2.13. The molecule has 0 atom stereocenters. The molecular weight excluding hydrogens is 299 g/mol. The fraction of sp³-hybridized carbons (Fsp3) is 0.286. The van der Waals surface area contributed by atoms with Gasteiger partial charge in [-0.3, -0.25) is 9.48 Å². The number of nitrogens with one attached hydrogen (secondary N) is 1. The number of carbonyl (C=O) groups is 1. The third-order valence-electron chi connectivity index (χ3n) is 2.78. The summed E-state index contributed by atoms with van der Waals surface area (Å²) in [4.78, 5) is 11.8. The molecule has 0 aliphatic carbocycles. The van der Waals surface area contributed by atoms with Crippen LogP contribution in [0.1, 0.15) is 12.1 Å². The number of hydrogen-bond acceptors (Lipinski definition) is 3. The van der Waals surface area contributed by atoms with Crippen LogP contribution in [-0.4, -0.2) is 22.3 Å². The molecule has 0 saturated heterocycles. The van der Waals surface area contributed by atoms with Gasteiger partial charge in [0.1, 0.15) is 5.82 Å². The molecule has 0 saturated carbocycles. The van der Waals surface area contributed by atoms with Crippen LogP contribution in [0.25, 0.3) is 0 Å². The number of ether oxygens (including phenoxy) is 1. The van der Waals surface area contributed by atoms with Crippen molar-refractivity contribution in [3.63, 3.8) is 0 Å². The Morgan fingerprint density at radius 3 is 2.82 bits per heavy atom. The van der Waals surface area contributed by atoms with Gasteiger partial charge in [0.25, 0.3) is 0 Å². The Morgan fingerprint density at radius 1 is 1.41 bits per heavy atom. The van der Waals surface area contributed by atoms with E-state index >= 15 is 0 Å². The fourth-order valence-corrected chi connectivity index (χ4v) is 1.81. The van der Waals surface area contributed by atoms with Gasteiger partial charge in [-0.25, -0.2) is 4.39 Å². The van der Waals surface area contributed by atoms with E-state index in [-0.39, 0.29) is 12.1 Å². The summed E-state index contributed by atoms with van der Waals surface area (Å²) < 4.78 is 43.4. The minimum Gasteiger partial charge on any atom is -0.432 e. The van der Waals surface area contributed by atoms with E-state index < -0.39 is 24.1 Å². The molecule has 5 nitrogen and oxygen atoms in total. The average molecular weight is 313 g/mol. The molecule has 8 heteroatoms. The first kappa shape index (κ1) is 15.9. The molecule has 0 bridgehead atoms. The van der Waals surface area contributed by atoms with Crippen molar-refractivity contribution in [3.8, 4) is 5.75 Å². The molecule has 1 aromatic carbocycles. The number of benzene rings is 1. The van der Waals surface area contributed by atoms with Crippen molar-refractivity contribution >= 4 is 11.6 Å². The molecular formula is C14H14F3N3O2. The van der Waals surface area contributed by atoms with Crippen LogP contribution in [0.2, 0.25) is 0 Å². The van der Waals surface area contributed by atoms with Crippen molar-refractivity contribution in [3.05, 3.63) is 42.0 Å². The number of nitrogens with zero attached hydrogens (tertiary/aromatic N) is 2. The van der Waals surface area contributed by atoms with E-state index in [0.717, 1.165) is 17.8 Å². The Hall–Kier alpha value is -2.51. The molecule has 0 radical (unpaired) electrons. The Labute approximate surface area is 124 Å². The van der Waals surface area contributed by atoms with E-state index in [9.17, 15) is 18.0 Å². The summed E-state index contributed by atoms with van der Waals surface area (Å²) in [7, 11) is 0. The van der Waals surface area contributed by atoms with Gasteiger partial charge in [-0.1, -0.05) is 0 Å². The predicted molar refractivity (Wildman–Crippen MR) is 73.2 cm³/mol. The van der Waals surface area contributed by atoms with E-state index in [1.54, 1.807) is 16.9 Å². The van der Waals surface area contributed by atoms with Crippen LogP contribution in [0.3, 0.4) is 0 Å². The lowest BCUT2D eigenvalue weighted by Crippen LogP contribution is -2.16. The molecule has 1 amide bonds. The number of halogens is 3. The number of aryl methyl sites for hydroxylation is 2. The summed E-state index contributed by atoms with van der Waals surface area (Å²) in [5, 5.41) is 6.54. The Morgan fingerprint density at radius 2 is 2.18 bits per heavy atom. The zero-order valence-electron chi connectivity index (χ0n) is 11.7. The molecule has 0 aliphatic rings. The third-order valence-corrected chi connectivity index (χ3v) is 2.78. The van der Waals surface area contributed by atoms with E-state index in [1.165, 1.54) is 6.07 Å². The second kappa shape index (κ2) is 6.97. The van der Waals surface area contributed by atoms with Crippen molar-refractivity contribution in [1.29, 1.82) is 0 Å². The molecule has 2 aromatic rings. The molecule has 1 heterocycles. The summed E-state index contributed by atoms with van der Waals surface area (Å²) in [5.41, 5.74) is 0.815. The predicted octanol–water partition coefficient (Wildman–Crippen LogP) is 2.96. The first-order valence-electron chi connectivity index (χ1n) is 6.48. The first-order valence-corrected chi connectivity index (χ1v) is 6.48. The van der Waals surface area contributed by atoms with Crippen LogP contribution >= 0.6 is 0 Å². The van der Waals surface area contributed by atoms with Crippen LogP contribution in [0.15, 0.2) is 30.5 Å². The van der Waals surface area contributed by atoms with Crippen LogP contribution in [0.5, 0.6) is 5.75 Å². The van der Waals surface area contributed by atoms with Crippen molar-refractivity contribution in [2.75, 3.05) is 5.32 Å². The van der Waals surface area contributed by atoms with Crippen LogP contribution < -0.4 is 10.1 Å². The summed E-state index contributed by atoms with van der Waals surface area (Å²) in [6.07, 6.45) is 1.82. The first-order chi connectivity index (χ1) is 10.4. The second-order valence-corrected chi connectivity index (χ2v) is 4.54. The maximum atomic E-state index is 13.1. The molecule has 22 heavy (non-hydrogen) atoms. The summed E-state index contributed by atoms with van der Waals surface area (Å²) in [6.45, 7) is -0.945. The topological polar surface area (TPSA) is 56.2 Å². The highest BCUT2D eigenvalue weighted by atomic mass is 19.3. The zero-order chi connectivity index (χ0) is 16.1. The van der Waals surface area contributed by atoms with Crippen molar-refractivity contribution < 1.29 is 22.7 Å². The average Bonchev–Trinajstić information content (AvgIpc) is 2.85. The normalized spacial score (nSPS) is 10.8. The smallest absolute Gasteiger partial charge is 0.387 e. The lowest BCUT2D eigenvalue weighted by Gasteiger charge is -2.12. The highest BCUT2D eigenvalue weighted by Crippen LogP contribution is 2.27. The third kappa shape index (κ3) is 4.51. The van der Waals surface area contributed by atoms with Gasteiger partial charge in [0.15, 0.2) is 5.75 Å². The molecule has 1 N–H and O–H groups in total. The molecule has 1 aromatic heterocycles. The molecule has 0 aliphatic heterocycles. The lowest BCUT2D eigenvalue weighted by molar-refractivity contribution is -0.116. The fourth-order valence-electron chi connectivity index (χ4n) is 1.81. The van der Waals surface area contributed by atoms with Gasteiger partial charge in [0.2, 0.25) is 5.91 Å². The van der Waals surface area contributed by atoms with E-state index in [0.29, 0.717) is 6.54 Å². The summed E-state index contributed by atoms with van der Waals surface area (Å²) >= 11 is 0. The summed E-state index contributed by atoms with van der Waals surface area (Å²) in [6, 6.07) is 4.80. The monoisotopic (exact) mass is 313 g/mol. The Bertz CT molecular complexity index is 659. The SMILES string of the molecule is Cc1ccn(CCC(=O)Nc2ccc(F)cc2OC(F)F)n1. The maximum absolute atomic E-state index is 13.1. The van der Waals surface area contributed by atoms with E-state index in [2.05, 4.69) is 15.2 Å². The number of hydrogen-bond donors (Lipinski definition) is 1. The van der Waals surface area contributed by atoms with Gasteiger partial charge in [0.05, 0.1) is 11.4 Å². The van der Waals surface area contributed by atoms with Gasteiger partial charge in [0, 0.05) is 25.2 Å². The minimum absolute atomic E-state index is 0.0108. The van der Waals surface area contributed by atoms with Gasteiger partial charge in [-0.15, -0.1) is 0 Å². The van der Waals surface area contributed by atoms with E-state index in [1.807, 2.05) is 6.92 Å². The van der Waals surface area contributed by atoms with Gasteiger partial charge < -0.3 is 10.1 Å². The molecule has 0 fully saturated rings. The van der Waals surface area contributed by atoms with Crippen LogP contribution in [0, 0.1) is 12.7 Å². The minimum atomic E-state index is -3.11. The number of amides is 1. The number of alkyl halides is 2.